The van der Waals surface area contributed by atoms with E-state index in [9.17, 15) is 14.9 Å². The van der Waals surface area contributed by atoms with Crippen LogP contribution in [0.2, 0.25) is 0 Å². The highest BCUT2D eigenvalue weighted by Gasteiger charge is 2.19. The Morgan fingerprint density at radius 1 is 1.47 bits per heavy atom. The molecule has 6 heteroatoms. The summed E-state index contributed by atoms with van der Waals surface area (Å²) in [5.74, 6) is -0.511. The van der Waals surface area contributed by atoms with Gasteiger partial charge in [0.25, 0.3) is 5.69 Å². The third-order valence-corrected chi connectivity index (χ3v) is 2.21. The number of ether oxygens (including phenoxy) is 2. The van der Waals surface area contributed by atoms with Gasteiger partial charge in [-0.2, -0.15) is 0 Å². The maximum atomic E-state index is 10.9. The Balaban J connectivity index is 3.12. The summed E-state index contributed by atoms with van der Waals surface area (Å²) >= 11 is 0. The summed E-state index contributed by atoms with van der Waals surface area (Å²) < 4.78 is 9.91. The van der Waals surface area contributed by atoms with Crippen LogP contribution in [0.25, 0.3) is 0 Å². The third kappa shape index (κ3) is 3.25. The fourth-order valence-electron chi connectivity index (χ4n) is 1.38. The van der Waals surface area contributed by atoms with Gasteiger partial charge in [0.05, 0.1) is 4.92 Å². The highest BCUT2D eigenvalue weighted by Crippen LogP contribution is 2.26. The number of hydrogen-bond donors (Lipinski definition) is 0. The van der Waals surface area contributed by atoms with Crippen molar-refractivity contribution in [2.75, 3.05) is 7.11 Å². The van der Waals surface area contributed by atoms with E-state index in [1.54, 1.807) is 13.0 Å². The van der Waals surface area contributed by atoms with Crippen LogP contribution in [-0.2, 0) is 14.3 Å². The van der Waals surface area contributed by atoms with Gasteiger partial charge in [0.15, 0.2) is 0 Å². The maximum Gasteiger partial charge on any atom is 0.305 e. The number of nitro benzene ring substituents is 1. The number of carbonyl (C=O) groups excluding carboxylic acids is 1. The zero-order chi connectivity index (χ0) is 13.0. The van der Waals surface area contributed by atoms with Crippen molar-refractivity contribution in [2.24, 2.45) is 0 Å². The van der Waals surface area contributed by atoms with Crippen LogP contribution in [0, 0.1) is 17.0 Å². The molecule has 0 radical (unpaired) electrons. The second-order valence-electron chi connectivity index (χ2n) is 3.48. The molecule has 0 saturated carbocycles. The molecule has 0 saturated heterocycles. The van der Waals surface area contributed by atoms with Crippen LogP contribution in [0.15, 0.2) is 18.2 Å². The smallest absolute Gasteiger partial charge is 0.305 e. The Kier molecular flexibility index (Phi) is 4.17. The molecule has 6 nitrogen and oxygen atoms in total. The molecule has 0 amide bonds. The summed E-state index contributed by atoms with van der Waals surface area (Å²) in [7, 11) is 1.37. The molecule has 0 aliphatic rings. The van der Waals surface area contributed by atoms with Crippen molar-refractivity contribution in [1.29, 1.82) is 0 Å². The van der Waals surface area contributed by atoms with E-state index >= 15 is 0 Å². The second-order valence-corrected chi connectivity index (χ2v) is 3.48. The number of aryl methyl sites for hydroxylation is 1. The van der Waals surface area contributed by atoms with Gasteiger partial charge in [-0.3, -0.25) is 14.9 Å². The van der Waals surface area contributed by atoms with Gasteiger partial charge in [0, 0.05) is 31.7 Å². The number of hydrogen-bond acceptors (Lipinski definition) is 5. The minimum absolute atomic E-state index is 0.0696. The highest BCUT2D eigenvalue weighted by molar-refractivity contribution is 5.66. The molecule has 0 heterocycles. The van der Waals surface area contributed by atoms with Gasteiger partial charge < -0.3 is 9.47 Å². The molecule has 0 N–H and O–H groups in total. The van der Waals surface area contributed by atoms with Gasteiger partial charge in [0.1, 0.15) is 0 Å². The average molecular weight is 239 g/mol. The minimum atomic E-state index is -0.924. The first kappa shape index (κ1) is 13.1. The normalized spacial score (nSPS) is 11.9. The summed E-state index contributed by atoms with van der Waals surface area (Å²) in [4.78, 5) is 21.0. The number of non-ortho nitro benzene ring substituents is 1. The van der Waals surface area contributed by atoms with Crippen molar-refractivity contribution in [3.8, 4) is 0 Å². The van der Waals surface area contributed by atoms with E-state index in [-0.39, 0.29) is 5.69 Å². The Labute approximate surface area is 98.3 Å². The topological polar surface area (TPSA) is 78.7 Å². The lowest BCUT2D eigenvalue weighted by Gasteiger charge is -2.17. The number of carbonyl (C=O) groups is 1. The van der Waals surface area contributed by atoms with E-state index in [0.29, 0.717) is 5.56 Å². The molecule has 1 atom stereocenters. The molecular weight excluding hydrogens is 226 g/mol. The number of methoxy groups -OCH3 is 1. The number of nitrogens with zero attached hydrogens (tertiary/aromatic N) is 1. The molecule has 1 unspecified atom stereocenters. The van der Waals surface area contributed by atoms with Gasteiger partial charge in [-0.05, 0) is 12.5 Å². The molecule has 92 valence electrons. The molecule has 0 aromatic heterocycles. The Hall–Kier alpha value is -1.95. The van der Waals surface area contributed by atoms with Crippen molar-refractivity contribution in [3.63, 3.8) is 0 Å². The third-order valence-electron chi connectivity index (χ3n) is 2.21. The zero-order valence-corrected chi connectivity index (χ0v) is 9.80. The molecule has 0 aliphatic heterocycles. The van der Waals surface area contributed by atoms with Gasteiger partial charge in [-0.25, -0.2) is 0 Å². The minimum Gasteiger partial charge on any atom is -0.431 e. The number of benzene rings is 1. The lowest BCUT2D eigenvalue weighted by Crippen LogP contribution is -2.12. The molecule has 0 spiro atoms. The van der Waals surface area contributed by atoms with Crippen molar-refractivity contribution < 1.29 is 19.2 Å². The lowest BCUT2D eigenvalue weighted by molar-refractivity contribution is -0.385. The molecular formula is C11H13NO5. The van der Waals surface area contributed by atoms with E-state index in [0.717, 1.165) is 5.56 Å². The number of nitro groups is 1. The van der Waals surface area contributed by atoms with Crippen LogP contribution in [0.1, 0.15) is 24.3 Å². The van der Waals surface area contributed by atoms with Gasteiger partial charge in [-0.15, -0.1) is 0 Å². The SMILES string of the molecule is COC(OC(C)=O)c1cc([N+](=O)[O-])ccc1C. The van der Waals surface area contributed by atoms with Gasteiger partial charge >= 0.3 is 5.97 Å². The molecule has 1 aromatic carbocycles. The fraction of sp³-hybridized carbons (Fsp3) is 0.364. The molecule has 0 fully saturated rings. The predicted octanol–water partition coefficient (Wildman–Crippen LogP) is 2.11. The molecule has 0 aliphatic carbocycles. The summed E-state index contributed by atoms with van der Waals surface area (Å²) in [6.07, 6.45) is -0.924. The van der Waals surface area contributed by atoms with Crippen LogP contribution in [0.3, 0.4) is 0 Å². The Morgan fingerprint density at radius 2 is 2.12 bits per heavy atom. The lowest BCUT2D eigenvalue weighted by atomic mass is 10.1. The Morgan fingerprint density at radius 3 is 2.59 bits per heavy atom. The average Bonchev–Trinajstić information content (AvgIpc) is 2.26. The monoisotopic (exact) mass is 239 g/mol. The van der Waals surface area contributed by atoms with Crippen molar-refractivity contribution >= 4 is 11.7 Å². The van der Waals surface area contributed by atoms with Crippen LogP contribution in [0.4, 0.5) is 5.69 Å². The van der Waals surface area contributed by atoms with Crippen LogP contribution < -0.4 is 0 Å². The number of rotatable bonds is 4. The van der Waals surface area contributed by atoms with E-state index in [2.05, 4.69) is 0 Å². The molecule has 0 bridgehead atoms. The second kappa shape index (κ2) is 5.40. The van der Waals surface area contributed by atoms with Crippen molar-refractivity contribution in [3.05, 3.63) is 39.4 Å². The standard InChI is InChI=1S/C11H13NO5/c1-7-4-5-9(12(14)15)6-10(7)11(16-3)17-8(2)13/h4-6,11H,1-3H3. The van der Waals surface area contributed by atoms with Crippen LogP contribution in [-0.4, -0.2) is 18.0 Å². The Bertz CT molecular complexity index is 443. The number of esters is 1. The van der Waals surface area contributed by atoms with E-state index < -0.39 is 17.2 Å². The highest BCUT2D eigenvalue weighted by atomic mass is 16.7. The van der Waals surface area contributed by atoms with Crippen LogP contribution >= 0.6 is 0 Å². The molecule has 17 heavy (non-hydrogen) atoms. The molecule has 1 rings (SSSR count). The van der Waals surface area contributed by atoms with Gasteiger partial charge in [0.2, 0.25) is 6.29 Å². The fourth-order valence-corrected chi connectivity index (χ4v) is 1.38. The summed E-state index contributed by atoms with van der Waals surface area (Å²) in [6, 6.07) is 4.31. The zero-order valence-electron chi connectivity index (χ0n) is 9.80. The predicted molar refractivity (Wildman–Crippen MR) is 59.3 cm³/mol. The van der Waals surface area contributed by atoms with Crippen molar-refractivity contribution in [2.45, 2.75) is 20.1 Å². The van der Waals surface area contributed by atoms with E-state index in [1.807, 2.05) is 0 Å². The summed E-state index contributed by atoms with van der Waals surface area (Å²) in [5.41, 5.74) is 1.15. The van der Waals surface area contributed by atoms with E-state index in [1.165, 1.54) is 26.2 Å². The van der Waals surface area contributed by atoms with Crippen LogP contribution in [0.5, 0.6) is 0 Å². The van der Waals surface area contributed by atoms with E-state index in [4.69, 9.17) is 9.47 Å². The first-order valence-corrected chi connectivity index (χ1v) is 4.90. The van der Waals surface area contributed by atoms with Crippen molar-refractivity contribution in [1.82, 2.24) is 0 Å². The first-order valence-electron chi connectivity index (χ1n) is 4.90. The first-order chi connectivity index (χ1) is 7.95. The summed E-state index contributed by atoms with van der Waals surface area (Å²) in [5, 5.41) is 10.7. The maximum absolute atomic E-state index is 10.9. The quantitative estimate of drug-likeness (QED) is 0.348. The summed E-state index contributed by atoms with van der Waals surface area (Å²) in [6.45, 7) is 3.01. The largest absolute Gasteiger partial charge is 0.431 e. The van der Waals surface area contributed by atoms with Gasteiger partial charge in [-0.1, -0.05) is 6.07 Å². The molecule has 1 aromatic rings.